The number of nitrogens with two attached hydrogens (primary N) is 1. The Bertz CT molecular complexity index is 575. The number of sulfonamides is 1. The smallest absolute Gasteiger partial charge is 0.243 e. The van der Waals surface area contributed by atoms with Crippen LogP contribution in [0.3, 0.4) is 0 Å². The number of benzene rings is 1. The molecular formula is C13H22ClN3O4S. The molecule has 0 heterocycles. The van der Waals surface area contributed by atoms with Gasteiger partial charge in [-0.2, -0.15) is 0 Å². The maximum absolute atomic E-state index is 11.9. The van der Waals surface area contributed by atoms with Crippen LogP contribution in [0.5, 0.6) is 0 Å². The van der Waals surface area contributed by atoms with E-state index in [9.17, 15) is 13.2 Å². The second-order valence-corrected chi connectivity index (χ2v) is 6.57. The Hall–Kier alpha value is -1.19. The summed E-state index contributed by atoms with van der Waals surface area (Å²) in [5.41, 5.74) is 6.05. The van der Waals surface area contributed by atoms with Gasteiger partial charge in [0.1, 0.15) is 6.04 Å². The summed E-state index contributed by atoms with van der Waals surface area (Å²) < 4.78 is 31.1. The minimum absolute atomic E-state index is 0. The maximum atomic E-state index is 11.9. The lowest BCUT2D eigenvalue weighted by molar-refractivity contribution is -0.118. The van der Waals surface area contributed by atoms with Gasteiger partial charge in [0.15, 0.2) is 0 Å². The highest BCUT2D eigenvalue weighted by atomic mass is 35.5. The van der Waals surface area contributed by atoms with Crippen LogP contribution in [0.4, 0.5) is 5.69 Å². The number of hydrogen-bond acceptors (Lipinski definition) is 5. The molecule has 0 spiro atoms. The van der Waals surface area contributed by atoms with E-state index in [-0.39, 0.29) is 30.0 Å². The lowest BCUT2D eigenvalue weighted by Gasteiger charge is -2.12. The molecule has 1 aromatic carbocycles. The Labute approximate surface area is 137 Å². The molecule has 0 saturated carbocycles. The number of rotatable bonds is 7. The van der Waals surface area contributed by atoms with Crippen molar-refractivity contribution in [3.8, 4) is 0 Å². The van der Waals surface area contributed by atoms with E-state index in [1.54, 1.807) is 13.8 Å². The zero-order valence-electron chi connectivity index (χ0n) is 12.7. The van der Waals surface area contributed by atoms with Gasteiger partial charge in [0, 0.05) is 18.8 Å². The minimum Gasteiger partial charge on any atom is -0.383 e. The highest BCUT2D eigenvalue weighted by Crippen LogP contribution is 2.14. The van der Waals surface area contributed by atoms with Crippen molar-refractivity contribution in [3.63, 3.8) is 0 Å². The Kier molecular flexibility index (Phi) is 8.57. The minimum atomic E-state index is -3.54. The van der Waals surface area contributed by atoms with Crippen LogP contribution in [0.15, 0.2) is 29.2 Å². The standard InChI is InChI=1S/C13H21N3O4S.ClH/c1-9(2)16-21(18,19)11-6-4-10(5-7-11)15-13(17)12(14)8-20-3;/h4-7,9,12,16H,8,14H2,1-3H3,(H,15,17);1H. The van der Waals surface area contributed by atoms with Crippen LogP contribution in [-0.2, 0) is 19.6 Å². The summed E-state index contributed by atoms with van der Waals surface area (Å²) in [6.45, 7) is 3.59. The van der Waals surface area contributed by atoms with Gasteiger partial charge in [-0.05, 0) is 38.1 Å². The Morgan fingerprint density at radius 3 is 2.27 bits per heavy atom. The fourth-order valence-corrected chi connectivity index (χ4v) is 2.84. The zero-order chi connectivity index (χ0) is 16.0. The van der Waals surface area contributed by atoms with E-state index < -0.39 is 22.0 Å². The van der Waals surface area contributed by atoms with Gasteiger partial charge in [0.25, 0.3) is 0 Å². The van der Waals surface area contributed by atoms with Gasteiger partial charge in [-0.3, -0.25) is 4.79 Å². The summed E-state index contributed by atoms with van der Waals surface area (Å²) in [6.07, 6.45) is 0. The van der Waals surface area contributed by atoms with Crippen LogP contribution in [0.2, 0.25) is 0 Å². The molecule has 0 aliphatic heterocycles. The van der Waals surface area contributed by atoms with Crippen LogP contribution in [0, 0.1) is 0 Å². The van der Waals surface area contributed by atoms with Crippen molar-refractivity contribution in [1.29, 1.82) is 0 Å². The largest absolute Gasteiger partial charge is 0.383 e. The van der Waals surface area contributed by atoms with Gasteiger partial charge in [-0.1, -0.05) is 0 Å². The van der Waals surface area contributed by atoms with Gasteiger partial charge in [0.05, 0.1) is 11.5 Å². The van der Waals surface area contributed by atoms with Gasteiger partial charge in [-0.25, -0.2) is 13.1 Å². The molecule has 1 amide bonds. The van der Waals surface area contributed by atoms with Crippen LogP contribution < -0.4 is 15.8 Å². The monoisotopic (exact) mass is 351 g/mol. The van der Waals surface area contributed by atoms with E-state index in [0.29, 0.717) is 5.69 Å². The van der Waals surface area contributed by atoms with Gasteiger partial charge in [0.2, 0.25) is 15.9 Å². The number of amides is 1. The maximum Gasteiger partial charge on any atom is 0.243 e. The molecule has 1 aromatic rings. The van der Waals surface area contributed by atoms with Crippen molar-refractivity contribution in [2.24, 2.45) is 5.73 Å². The van der Waals surface area contributed by atoms with Crippen LogP contribution in [-0.4, -0.2) is 40.1 Å². The summed E-state index contributed by atoms with van der Waals surface area (Å²) in [5.74, 6) is -0.396. The molecule has 0 aliphatic carbocycles. The molecule has 0 fully saturated rings. The number of carbonyl (C=O) groups is 1. The van der Waals surface area contributed by atoms with Gasteiger partial charge in [-0.15, -0.1) is 12.4 Å². The number of hydrogen-bond donors (Lipinski definition) is 3. The van der Waals surface area contributed by atoms with E-state index in [1.165, 1.54) is 31.4 Å². The van der Waals surface area contributed by atoms with E-state index in [1.807, 2.05) is 0 Å². The predicted molar refractivity (Wildman–Crippen MR) is 87.6 cm³/mol. The zero-order valence-corrected chi connectivity index (χ0v) is 14.3. The van der Waals surface area contributed by atoms with E-state index in [2.05, 4.69) is 10.0 Å². The lowest BCUT2D eigenvalue weighted by Crippen LogP contribution is -2.39. The van der Waals surface area contributed by atoms with Crippen molar-refractivity contribution in [3.05, 3.63) is 24.3 Å². The van der Waals surface area contributed by atoms with Crippen LogP contribution in [0.25, 0.3) is 0 Å². The van der Waals surface area contributed by atoms with E-state index in [4.69, 9.17) is 10.5 Å². The number of ether oxygens (including phenoxy) is 1. The van der Waals surface area contributed by atoms with Crippen molar-refractivity contribution in [2.45, 2.75) is 30.8 Å². The van der Waals surface area contributed by atoms with Crippen molar-refractivity contribution >= 4 is 34.0 Å². The molecule has 9 heteroatoms. The summed E-state index contributed by atoms with van der Waals surface area (Å²) in [6, 6.07) is 4.88. The van der Waals surface area contributed by atoms with Crippen molar-refractivity contribution in [2.75, 3.05) is 19.0 Å². The molecule has 22 heavy (non-hydrogen) atoms. The second kappa shape index (κ2) is 9.06. The van der Waals surface area contributed by atoms with Crippen LogP contribution in [0.1, 0.15) is 13.8 Å². The normalized spacial score (nSPS) is 12.6. The Balaban J connectivity index is 0.00000441. The highest BCUT2D eigenvalue weighted by molar-refractivity contribution is 7.89. The molecule has 1 atom stereocenters. The third-order valence-corrected chi connectivity index (χ3v) is 4.18. The first-order valence-electron chi connectivity index (χ1n) is 6.44. The molecule has 7 nitrogen and oxygen atoms in total. The average Bonchev–Trinajstić information content (AvgIpc) is 2.38. The van der Waals surface area contributed by atoms with E-state index >= 15 is 0 Å². The molecular weight excluding hydrogens is 330 g/mol. The van der Waals surface area contributed by atoms with Gasteiger partial charge >= 0.3 is 0 Å². The topological polar surface area (TPSA) is 111 Å². The number of methoxy groups -OCH3 is 1. The van der Waals surface area contributed by atoms with Gasteiger partial charge < -0.3 is 15.8 Å². The molecule has 0 radical (unpaired) electrons. The summed E-state index contributed by atoms with van der Waals surface area (Å²) in [5, 5.41) is 2.59. The molecule has 0 saturated heterocycles. The molecule has 0 aromatic heterocycles. The number of carbonyl (C=O) groups excluding carboxylic acids is 1. The first-order valence-corrected chi connectivity index (χ1v) is 7.92. The van der Waals surface area contributed by atoms with E-state index in [0.717, 1.165) is 0 Å². The molecule has 1 unspecified atom stereocenters. The fraction of sp³-hybridized carbons (Fsp3) is 0.462. The summed E-state index contributed by atoms with van der Waals surface area (Å²) >= 11 is 0. The number of halogens is 1. The summed E-state index contributed by atoms with van der Waals surface area (Å²) in [4.78, 5) is 11.8. The molecule has 0 bridgehead atoms. The van der Waals surface area contributed by atoms with Crippen molar-refractivity contribution < 1.29 is 17.9 Å². The third-order valence-electron chi connectivity index (χ3n) is 2.51. The summed E-state index contributed by atoms with van der Waals surface area (Å²) in [7, 11) is -2.08. The first-order chi connectivity index (χ1) is 9.76. The first kappa shape index (κ1) is 20.8. The second-order valence-electron chi connectivity index (χ2n) is 4.85. The predicted octanol–water partition coefficient (Wildman–Crippen LogP) is 0.707. The fourth-order valence-electron chi connectivity index (χ4n) is 1.59. The SMILES string of the molecule is COCC(N)C(=O)Nc1ccc(S(=O)(=O)NC(C)C)cc1.Cl. The Morgan fingerprint density at radius 2 is 1.82 bits per heavy atom. The molecule has 0 aliphatic rings. The highest BCUT2D eigenvalue weighted by Gasteiger charge is 2.16. The molecule has 1 rings (SSSR count). The third kappa shape index (κ3) is 6.29. The van der Waals surface area contributed by atoms with Crippen molar-refractivity contribution in [1.82, 2.24) is 4.72 Å². The number of anilines is 1. The molecule has 4 N–H and O–H groups in total. The quantitative estimate of drug-likeness (QED) is 0.670. The van der Waals surface area contributed by atoms with Crippen LogP contribution >= 0.6 is 12.4 Å². The molecule has 126 valence electrons. The Morgan fingerprint density at radius 1 is 1.27 bits per heavy atom. The lowest BCUT2D eigenvalue weighted by atomic mass is 10.2. The number of nitrogens with one attached hydrogen (secondary N) is 2. The average molecular weight is 352 g/mol.